The molecule has 0 saturated carbocycles. The Morgan fingerprint density at radius 3 is 2.14 bits per heavy atom. The first-order valence-corrected chi connectivity index (χ1v) is 7.61. The first kappa shape index (κ1) is 19.5. The number of aromatic nitrogens is 1. The molecule has 0 aliphatic heterocycles. The molecule has 0 atom stereocenters. The fraction of sp³-hybridized carbons (Fsp3) is 0.111. The summed E-state index contributed by atoms with van der Waals surface area (Å²) in [5.41, 5.74) is 4.65. The van der Waals surface area contributed by atoms with Crippen LogP contribution in [-0.2, 0) is 6.18 Å². The molecule has 1 amide bonds. The van der Waals surface area contributed by atoms with Crippen molar-refractivity contribution in [3.8, 4) is 16.9 Å². The lowest BCUT2D eigenvalue weighted by Gasteiger charge is -2.14. The van der Waals surface area contributed by atoms with Crippen LogP contribution < -0.4 is 10.5 Å². The molecule has 1 heterocycles. The number of carbonyl (C=O) groups excluding carboxylic acids is 1. The van der Waals surface area contributed by atoms with Gasteiger partial charge in [-0.3, -0.25) is 9.78 Å². The summed E-state index contributed by atoms with van der Waals surface area (Å²) in [5.74, 6) is -1.45. The van der Waals surface area contributed by atoms with Crippen molar-refractivity contribution in [2.75, 3.05) is 0 Å². The first-order chi connectivity index (χ1) is 12.9. The van der Waals surface area contributed by atoms with Crippen molar-refractivity contribution in [1.29, 1.82) is 0 Å². The van der Waals surface area contributed by atoms with Crippen molar-refractivity contribution in [1.82, 2.24) is 4.98 Å². The van der Waals surface area contributed by atoms with Gasteiger partial charge in [-0.2, -0.15) is 13.2 Å². The number of halogens is 6. The van der Waals surface area contributed by atoms with Gasteiger partial charge in [-0.25, -0.2) is 0 Å². The smallest absolute Gasteiger partial charge is 0.406 e. The number of carbonyl (C=O) groups is 1. The number of pyridine rings is 1. The summed E-state index contributed by atoms with van der Waals surface area (Å²) in [4.78, 5) is 15.3. The second-order valence-corrected chi connectivity index (χ2v) is 5.75. The molecule has 146 valence electrons. The number of hydrogen-bond acceptors (Lipinski definition) is 3. The van der Waals surface area contributed by atoms with Crippen LogP contribution in [0.25, 0.3) is 22.0 Å². The second-order valence-electron chi connectivity index (χ2n) is 5.75. The summed E-state index contributed by atoms with van der Waals surface area (Å²) < 4.78 is 80.0. The van der Waals surface area contributed by atoms with Crippen LogP contribution in [-0.4, -0.2) is 17.3 Å². The molecule has 3 aromatic rings. The lowest BCUT2D eigenvalue weighted by atomic mass is 9.99. The van der Waals surface area contributed by atoms with Gasteiger partial charge in [-0.1, -0.05) is 12.1 Å². The van der Waals surface area contributed by atoms with E-state index in [1.54, 1.807) is 0 Å². The first-order valence-electron chi connectivity index (χ1n) is 7.61. The molecule has 0 saturated heterocycles. The predicted molar refractivity (Wildman–Crippen MR) is 87.4 cm³/mol. The Hall–Kier alpha value is -3.30. The highest BCUT2D eigenvalue weighted by atomic mass is 19.4. The molecule has 10 heteroatoms. The van der Waals surface area contributed by atoms with Crippen molar-refractivity contribution in [3.63, 3.8) is 0 Å². The minimum atomic E-state index is -4.99. The maximum absolute atomic E-state index is 12.7. The van der Waals surface area contributed by atoms with Gasteiger partial charge in [-0.15, -0.1) is 13.2 Å². The summed E-state index contributed by atoms with van der Waals surface area (Å²) in [6.07, 6.45) is -8.42. The van der Waals surface area contributed by atoms with Crippen molar-refractivity contribution < 1.29 is 35.9 Å². The van der Waals surface area contributed by atoms with Gasteiger partial charge in [-0.05, 0) is 35.9 Å². The molecule has 2 aromatic carbocycles. The Morgan fingerprint density at radius 2 is 1.61 bits per heavy atom. The molecule has 2 N–H and O–H groups in total. The van der Waals surface area contributed by atoms with Crippen LogP contribution in [0.3, 0.4) is 0 Å². The number of primary amides is 1. The number of hydrogen-bond donors (Lipinski definition) is 1. The maximum atomic E-state index is 12.7. The number of fused-ring (bicyclic) bond motifs is 1. The average Bonchev–Trinajstić information content (AvgIpc) is 2.58. The van der Waals surface area contributed by atoms with Crippen molar-refractivity contribution >= 4 is 16.8 Å². The molecule has 0 radical (unpaired) electrons. The van der Waals surface area contributed by atoms with Gasteiger partial charge in [0, 0.05) is 17.1 Å². The van der Waals surface area contributed by atoms with E-state index in [2.05, 4.69) is 9.72 Å². The highest BCUT2D eigenvalue weighted by Crippen LogP contribution is 2.36. The van der Waals surface area contributed by atoms with Crippen molar-refractivity contribution in [3.05, 3.63) is 59.8 Å². The monoisotopic (exact) mass is 400 g/mol. The molecule has 0 bridgehead atoms. The van der Waals surface area contributed by atoms with Crippen LogP contribution in [0, 0.1) is 0 Å². The molecule has 28 heavy (non-hydrogen) atoms. The number of benzene rings is 2. The fourth-order valence-corrected chi connectivity index (χ4v) is 2.61. The minimum Gasteiger partial charge on any atom is -0.406 e. The number of alkyl halides is 6. The normalized spacial score (nSPS) is 12.2. The Labute approximate surface area is 153 Å². The Kier molecular flexibility index (Phi) is 4.66. The van der Waals surface area contributed by atoms with Gasteiger partial charge in [0.25, 0.3) is 0 Å². The van der Waals surface area contributed by atoms with Crippen LogP contribution in [0.15, 0.2) is 48.7 Å². The maximum Gasteiger partial charge on any atom is 0.573 e. The highest BCUT2D eigenvalue weighted by molar-refractivity contribution is 6.00. The SMILES string of the molecule is NC(=O)c1cnc2c(-c3ccc(C(F)(F)F)cc3)cc(OC(F)(F)F)cc2c1. The van der Waals surface area contributed by atoms with E-state index in [9.17, 15) is 31.1 Å². The van der Waals surface area contributed by atoms with Crippen LogP contribution >= 0.6 is 0 Å². The van der Waals surface area contributed by atoms with E-state index in [0.717, 1.165) is 42.6 Å². The third-order valence-corrected chi connectivity index (χ3v) is 3.80. The zero-order valence-corrected chi connectivity index (χ0v) is 13.7. The molecule has 0 fully saturated rings. The molecule has 4 nitrogen and oxygen atoms in total. The lowest BCUT2D eigenvalue weighted by molar-refractivity contribution is -0.274. The van der Waals surface area contributed by atoms with Crippen LogP contribution in [0.4, 0.5) is 26.3 Å². The molecule has 1 aromatic heterocycles. The summed E-state index contributed by atoms with van der Waals surface area (Å²) >= 11 is 0. The van der Waals surface area contributed by atoms with Gasteiger partial charge < -0.3 is 10.5 Å². The van der Waals surface area contributed by atoms with E-state index < -0.39 is 29.8 Å². The lowest BCUT2D eigenvalue weighted by Crippen LogP contribution is -2.17. The van der Waals surface area contributed by atoms with Gasteiger partial charge in [0.05, 0.1) is 16.6 Å². The molecule has 0 aliphatic carbocycles. The van der Waals surface area contributed by atoms with E-state index in [0.29, 0.717) is 0 Å². The van der Waals surface area contributed by atoms with E-state index in [1.807, 2.05) is 0 Å². The predicted octanol–water partition coefficient (Wildman–Crippen LogP) is 4.92. The topological polar surface area (TPSA) is 65.2 Å². The quantitative estimate of drug-likeness (QED) is 0.635. The summed E-state index contributed by atoms with van der Waals surface area (Å²) in [6, 6.07) is 7.07. The van der Waals surface area contributed by atoms with Crippen molar-refractivity contribution in [2.24, 2.45) is 5.73 Å². The van der Waals surface area contributed by atoms with Crippen LogP contribution in [0.1, 0.15) is 15.9 Å². The Balaban J connectivity index is 2.20. The number of ether oxygens (including phenoxy) is 1. The van der Waals surface area contributed by atoms with Crippen LogP contribution in [0.2, 0.25) is 0 Å². The number of amides is 1. The van der Waals surface area contributed by atoms with E-state index in [4.69, 9.17) is 5.73 Å². The summed E-state index contributed by atoms with van der Waals surface area (Å²) in [5, 5.41) is 0.105. The highest BCUT2D eigenvalue weighted by Gasteiger charge is 2.32. The van der Waals surface area contributed by atoms with Gasteiger partial charge in [0.15, 0.2) is 0 Å². The number of nitrogens with zero attached hydrogens (tertiary/aromatic N) is 1. The molecule has 0 spiro atoms. The third kappa shape index (κ3) is 4.16. The standard InChI is InChI=1S/C18H10F6N2O2/c19-17(20,21)12-3-1-9(2-4-12)14-7-13(28-18(22,23)24)6-10-5-11(16(25)27)8-26-15(10)14/h1-8H,(H2,25,27). The molecular weight excluding hydrogens is 390 g/mol. The van der Waals surface area contributed by atoms with Gasteiger partial charge in [0.1, 0.15) is 5.75 Å². The Bertz CT molecular complexity index is 1040. The summed E-state index contributed by atoms with van der Waals surface area (Å²) in [6.45, 7) is 0. The largest absolute Gasteiger partial charge is 0.573 e. The second kappa shape index (κ2) is 6.70. The Morgan fingerprint density at radius 1 is 0.964 bits per heavy atom. The molecular formula is C18H10F6N2O2. The average molecular weight is 400 g/mol. The minimum absolute atomic E-state index is 0.0463. The molecule has 0 aliphatic rings. The van der Waals surface area contributed by atoms with Crippen LogP contribution in [0.5, 0.6) is 5.75 Å². The third-order valence-electron chi connectivity index (χ3n) is 3.80. The van der Waals surface area contributed by atoms with E-state index in [-0.39, 0.29) is 27.6 Å². The summed E-state index contributed by atoms with van der Waals surface area (Å²) in [7, 11) is 0. The van der Waals surface area contributed by atoms with E-state index >= 15 is 0 Å². The number of rotatable bonds is 3. The fourth-order valence-electron chi connectivity index (χ4n) is 2.61. The zero-order valence-electron chi connectivity index (χ0n) is 13.7. The van der Waals surface area contributed by atoms with Gasteiger partial charge >= 0.3 is 12.5 Å². The van der Waals surface area contributed by atoms with E-state index in [1.165, 1.54) is 6.07 Å². The zero-order chi connectivity index (χ0) is 20.7. The van der Waals surface area contributed by atoms with Crippen molar-refractivity contribution in [2.45, 2.75) is 12.5 Å². The molecule has 3 rings (SSSR count). The number of nitrogens with two attached hydrogens (primary N) is 1. The molecule has 0 unspecified atom stereocenters. The van der Waals surface area contributed by atoms with Gasteiger partial charge in [0.2, 0.25) is 5.91 Å².